The van der Waals surface area contributed by atoms with Gasteiger partial charge in [0.25, 0.3) is 11.8 Å². The van der Waals surface area contributed by atoms with Crippen LogP contribution in [0.3, 0.4) is 0 Å². The number of rotatable bonds is 9. The van der Waals surface area contributed by atoms with Gasteiger partial charge >= 0.3 is 0 Å². The second-order valence-electron chi connectivity index (χ2n) is 7.03. The summed E-state index contributed by atoms with van der Waals surface area (Å²) in [6.45, 7) is 0.864. The van der Waals surface area contributed by atoms with Gasteiger partial charge < -0.3 is 19.2 Å². The van der Waals surface area contributed by atoms with Crippen LogP contribution in [0.15, 0.2) is 77.5 Å². The Hall–Kier alpha value is -4.37. The number of aromatic nitrogens is 1. The van der Waals surface area contributed by atoms with E-state index in [1.54, 1.807) is 42.1 Å². The molecule has 0 aliphatic heterocycles. The molecular weight excluding hydrogens is 426 g/mol. The fourth-order valence-corrected chi connectivity index (χ4v) is 3.05. The van der Waals surface area contributed by atoms with E-state index in [1.807, 2.05) is 24.3 Å². The van der Waals surface area contributed by atoms with Crippen molar-refractivity contribution in [1.29, 1.82) is 0 Å². The van der Waals surface area contributed by atoms with E-state index < -0.39 is 5.91 Å². The molecule has 0 spiro atoms. The Morgan fingerprint density at radius 3 is 2.55 bits per heavy atom. The van der Waals surface area contributed by atoms with Crippen molar-refractivity contribution in [2.45, 2.75) is 6.61 Å². The van der Waals surface area contributed by atoms with Gasteiger partial charge in [0.1, 0.15) is 30.3 Å². The predicted octanol–water partition coefficient (Wildman–Crippen LogP) is 3.33. The van der Waals surface area contributed by atoms with Gasteiger partial charge in [-0.3, -0.25) is 19.8 Å². The van der Waals surface area contributed by atoms with Crippen LogP contribution in [-0.2, 0) is 6.61 Å². The molecule has 0 radical (unpaired) electrons. The number of nitrogens with zero attached hydrogens (tertiary/aromatic N) is 1. The lowest BCUT2D eigenvalue weighted by Gasteiger charge is -2.07. The molecule has 0 unspecified atom stereocenters. The first kappa shape index (κ1) is 21.8. The van der Waals surface area contributed by atoms with Crippen LogP contribution in [0.2, 0.25) is 0 Å². The van der Waals surface area contributed by atoms with Gasteiger partial charge in [-0.25, -0.2) is 5.48 Å². The number of hydrogen-bond acceptors (Lipinski definition) is 7. The zero-order valence-corrected chi connectivity index (χ0v) is 17.5. The van der Waals surface area contributed by atoms with Crippen LogP contribution in [0.1, 0.15) is 26.5 Å². The summed E-state index contributed by atoms with van der Waals surface area (Å²) in [6.07, 6.45) is 3.44. The lowest BCUT2D eigenvalue weighted by atomic mass is 10.2. The minimum absolute atomic E-state index is 0.189. The predicted molar refractivity (Wildman–Crippen MR) is 118 cm³/mol. The average molecular weight is 447 g/mol. The number of fused-ring (bicyclic) bond motifs is 1. The van der Waals surface area contributed by atoms with E-state index >= 15 is 0 Å². The quantitative estimate of drug-likeness (QED) is 0.204. The molecule has 168 valence electrons. The normalized spacial score (nSPS) is 10.6. The summed E-state index contributed by atoms with van der Waals surface area (Å²) in [4.78, 5) is 27.8. The molecule has 9 heteroatoms. The number of benzene rings is 2. The average Bonchev–Trinajstić information content (AvgIpc) is 3.29. The minimum Gasteiger partial charge on any atom is -0.492 e. The summed E-state index contributed by atoms with van der Waals surface area (Å²) >= 11 is 0. The molecule has 4 rings (SSSR count). The first-order valence-electron chi connectivity index (χ1n) is 10.1. The number of hydrogen-bond donors (Lipinski definition) is 3. The first-order chi connectivity index (χ1) is 16.1. The highest BCUT2D eigenvalue weighted by molar-refractivity contribution is 5.96. The molecule has 0 aliphatic rings. The number of carbonyl (C=O) groups excluding carboxylic acids is 2. The second-order valence-corrected chi connectivity index (χ2v) is 7.03. The fraction of sp³-hybridized carbons (Fsp3) is 0.125. The van der Waals surface area contributed by atoms with Crippen molar-refractivity contribution in [2.75, 3.05) is 13.2 Å². The maximum atomic E-state index is 12.4. The Morgan fingerprint density at radius 2 is 1.79 bits per heavy atom. The highest BCUT2D eigenvalue weighted by atomic mass is 16.5. The van der Waals surface area contributed by atoms with Crippen LogP contribution >= 0.6 is 0 Å². The minimum atomic E-state index is -0.605. The second kappa shape index (κ2) is 10.3. The Balaban J connectivity index is 1.27. The molecule has 2 heterocycles. The largest absolute Gasteiger partial charge is 0.492 e. The van der Waals surface area contributed by atoms with Crippen LogP contribution in [0.25, 0.3) is 11.0 Å². The van der Waals surface area contributed by atoms with Crippen molar-refractivity contribution in [3.63, 3.8) is 0 Å². The van der Waals surface area contributed by atoms with E-state index in [-0.39, 0.29) is 24.8 Å². The van der Waals surface area contributed by atoms with E-state index in [1.165, 1.54) is 12.1 Å². The van der Waals surface area contributed by atoms with Crippen LogP contribution < -0.4 is 20.3 Å². The summed E-state index contributed by atoms with van der Waals surface area (Å²) in [7, 11) is 0. The third kappa shape index (κ3) is 5.66. The smallest absolute Gasteiger partial charge is 0.287 e. The fourth-order valence-electron chi connectivity index (χ4n) is 3.05. The van der Waals surface area contributed by atoms with Crippen LogP contribution in [-0.4, -0.2) is 35.2 Å². The zero-order chi connectivity index (χ0) is 23.0. The lowest BCUT2D eigenvalue weighted by Crippen LogP contribution is -2.27. The van der Waals surface area contributed by atoms with Crippen LogP contribution in [0, 0.1) is 0 Å². The van der Waals surface area contributed by atoms with Crippen molar-refractivity contribution in [3.05, 3.63) is 89.9 Å². The van der Waals surface area contributed by atoms with E-state index in [0.717, 1.165) is 10.9 Å². The van der Waals surface area contributed by atoms with E-state index in [2.05, 4.69) is 10.3 Å². The van der Waals surface area contributed by atoms with Gasteiger partial charge in [-0.15, -0.1) is 0 Å². The van der Waals surface area contributed by atoms with Crippen molar-refractivity contribution in [3.8, 4) is 11.5 Å². The molecule has 0 bridgehead atoms. The van der Waals surface area contributed by atoms with Gasteiger partial charge in [0.15, 0.2) is 5.76 Å². The van der Waals surface area contributed by atoms with Crippen molar-refractivity contribution in [1.82, 2.24) is 15.8 Å². The Kier molecular flexibility index (Phi) is 6.81. The maximum absolute atomic E-state index is 12.4. The molecule has 2 aromatic heterocycles. The zero-order valence-electron chi connectivity index (χ0n) is 17.5. The number of amides is 2. The highest BCUT2D eigenvalue weighted by Gasteiger charge is 2.13. The van der Waals surface area contributed by atoms with Gasteiger partial charge in [0, 0.05) is 35.0 Å². The van der Waals surface area contributed by atoms with Crippen LogP contribution in [0.5, 0.6) is 11.5 Å². The van der Waals surface area contributed by atoms with Crippen molar-refractivity contribution >= 4 is 22.8 Å². The van der Waals surface area contributed by atoms with Crippen molar-refractivity contribution in [2.24, 2.45) is 0 Å². The Bertz CT molecular complexity index is 1240. The van der Waals surface area contributed by atoms with E-state index in [9.17, 15) is 9.59 Å². The standard InChI is InChI=1S/C24H21N3O6/c28-23(27-30)17-3-6-19(7-4-17)31-11-10-26-24(29)22-12-18-5-8-20(13-21(18)33-22)32-15-16-2-1-9-25-14-16/h1-9,12-14,30H,10-11,15H2,(H,26,29)(H,27,28). The van der Waals surface area contributed by atoms with E-state index in [0.29, 0.717) is 29.3 Å². The summed E-state index contributed by atoms with van der Waals surface area (Å²) < 4.78 is 17.0. The van der Waals surface area contributed by atoms with Gasteiger partial charge in [0.2, 0.25) is 0 Å². The van der Waals surface area contributed by atoms with Crippen LogP contribution in [0.4, 0.5) is 0 Å². The molecular formula is C24H21N3O6. The van der Waals surface area contributed by atoms with Gasteiger partial charge in [-0.05, 0) is 48.5 Å². The first-order valence-corrected chi connectivity index (χ1v) is 10.1. The summed E-state index contributed by atoms with van der Waals surface area (Å²) in [5.41, 5.74) is 3.36. The molecule has 0 atom stereocenters. The lowest BCUT2D eigenvalue weighted by molar-refractivity contribution is 0.0706. The Morgan fingerprint density at radius 1 is 0.970 bits per heavy atom. The number of ether oxygens (including phenoxy) is 2. The summed E-state index contributed by atoms with van der Waals surface area (Å²) in [5, 5.41) is 12.1. The third-order valence-electron chi connectivity index (χ3n) is 4.72. The van der Waals surface area contributed by atoms with Gasteiger partial charge in [-0.2, -0.15) is 0 Å². The summed E-state index contributed by atoms with van der Waals surface area (Å²) in [5.74, 6) is 0.382. The number of furan rings is 1. The number of carbonyl (C=O) groups is 2. The number of nitrogens with one attached hydrogen (secondary N) is 2. The van der Waals surface area contributed by atoms with Gasteiger partial charge in [0.05, 0.1) is 6.54 Å². The molecule has 2 amide bonds. The number of pyridine rings is 1. The van der Waals surface area contributed by atoms with Crippen molar-refractivity contribution < 1.29 is 28.7 Å². The molecule has 0 saturated carbocycles. The molecule has 9 nitrogen and oxygen atoms in total. The van der Waals surface area contributed by atoms with Gasteiger partial charge in [-0.1, -0.05) is 6.07 Å². The number of hydroxylamine groups is 1. The molecule has 33 heavy (non-hydrogen) atoms. The molecule has 0 fully saturated rings. The molecule has 0 saturated heterocycles. The summed E-state index contributed by atoms with van der Waals surface area (Å²) in [6, 6.07) is 17.1. The maximum Gasteiger partial charge on any atom is 0.287 e. The molecule has 4 aromatic rings. The third-order valence-corrected chi connectivity index (χ3v) is 4.72. The van der Waals surface area contributed by atoms with E-state index in [4.69, 9.17) is 19.1 Å². The Labute approximate surface area is 188 Å². The highest BCUT2D eigenvalue weighted by Crippen LogP contribution is 2.25. The topological polar surface area (TPSA) is 123 Å². The molecule has 0 aliphatic carbocycles. The SMILES string of the molecule is O=C(NO)c1ccc(OCCNC(=O)c2cc3ccc(OCc4cccnc4)cc3o2)cc1. The molecule has 2 aromatic carbocycles. The molecule has 3 N–H and O–H groups in total. The monoisotopic (exact) mass is 447 g/mol.